The van der Waals surface area contributed by atoms with Crippen LogP contribution in [0, 0.1) is 0 Å². The molecular weight excluding hydrogens is 404 g/mol. The van der Waals surface area contributed by atoms with Crippen LogP contribution in [0.4, 0.5) is 10.5 Å². The highest BCUT2D eigenvalue weighted by Gasteiger charge is 2.28. The third kappa shape index (κ3) is 4.27. The quantitative estimate of drug-likeness (QED) is 0.631. The van der Waals surface area contributed by atoms with Gasteiger partial charge in [0.25, 0.3) is 5.89 Å². The number of methoxy groups -OCH3 is 3. The number of nitrogens with zero attached hydrogens (tertiary/aromatic N) is 3. The summed E-state index contributed by atoms with van der Waals surface area (Å²) in [6, 6.07) is 4.97. The summed E-state index contributed by atoms with van der Waals surface area (Å²) in [5.41, 5.74) is 1.31. The summed E-state index contributed by atoms with van der Waals surface area (Å²) in [5, 5.41) is 11.2. The topological polar surface area (TPSA) is 112 Å². The van der Waals surface area contributed by atoms with Gasteiger partial charge in [0.05, 0.1) is 38.8 Å². The number of carbonyl (C=O) groups is 1. The summed E-state index contributed by atoms with van der Waals surface area (Å²) >= 11 is 0. The lowest BCUT2D eigenvalue weighted by atomic mass is 9.97. The number of urea groups is 1. The van der Waals surface area contributed by atoms with Crippen LogP contribution in [0.1, 0.15) is 24.7 Å². The summed E-state index contributed by atoms with van der Waals surface area (Å²) in [5.74, 6) is 2.55. The van der Waals surface area contributed by atoms with Gasteiger partial charge in [-0.3, -0.25) is 0 Å². The lowest BCUT2D eigenvalue weighted by molar-refractivity contribution is 0.190. The van der Waals surface area contributed by atoms with Gasteiger partial charge in [0.1, 0.15) is 6.26 Å². The zero-order valence-corrected chi connectivity index (χ0v) is 17.6. The highest BCUT2D eigenvalue weighted by Crippen LogP contribution is 2.40. The lowest BCUT2D eigenvalue weighted by Crippen LogP contribution is -2.40. The Balaban J connectivity index is 1.38. The standard InChI is InChI=1S/C21H24N4O6/c1-27-16-10-15(11-17(28-2)18(16)29-3)22-21(26)25-7-4-13(5-8-25)19-23-24-20(31-19)14-6-9-30-12-14/h6,9-13H,4-5,7-8H2,1-3H3,(H,22,26). The van der Waals surface area contributed by atoms with Crippen LogP contribution in [0.5, 0.6) is 17.2 Å². The number of rotatable bonds is 6. The molecule has 1 aromatic carbocycles. The van der Waals surface area contributed by atoms with Gasteiger partial charge in [0.2, 0.25) is 11.6 Å². The number of hydrogen-bond acceptors (Lipinski definition) is 8. The number of furan rings is 1. The zero-order chi connectivity index (χ0) is 21.8. The maximum atomic E-state index is 12.8. The predicted molar refractivity (Wildman–Crippen MR) is 111 cm³/mol. The molecule has 2 amide bonds. The molecule has 3 heterocycles. The van der Waals surface area contributed by atoms with Crippen LogP contribution < -0.4 is 19.5 Å². The maximum Gasteiger partial charge on any atom is 0.321 e. The van der Waals surface area contributed by atoms with Crippen molar-refractivity contribution in [3.05, 3.63) is 36.6 Å². The van der Waals surface area contributed by atoms with E-state index in [9.17, 15) is 4.79 Å². The molecule has 164 valence electrons. The smallest absolute Gasteiger partial charge is 0.321 e. The molecule has 10 nitrogen and oxygen atoms in total. The lowest BCUT2D eigenvalue weighted by Gasteiger charge is -2.30. The van der Waals surface area contributed by atoms with Crippen LogP contribution in [-0.2, 0) is 0 Å². The Bertz CT molecular complexity index is 999. The molecule has 1 fully saturated rings. The molecule has 0 saturated carbocycles. The average molecular weight is 428 g/mol. The van der Waals surface area contributed by atoms with E-state index in [0.29, 0.717) is 47.8 Å². The molecule has 3 aromatic rings. The normalized spacial score (nSPS) is 14.4. The van der Waals surface area contributed by atoms with Gasteiger partial charge in [-0.1, -0.05) is 0 Å². The van der Waals surface area contributed by atoms with Crippen molar-refractivity contribution in [2.24, 2.45) is 0 Å². The second-order valence-corrected chi connectivity index (χ2v) is 7.06. The van der Waals surface area contributed by atoms with Gasteiger partial charge in [0.15, 0.2) is 11.5 Å². The molecule has 0 atom stereocenters. The van der Waals surface area contributed by atoms with Crippen LogP contribution in [0.3, 0.4) is 0 Å². The number of anilines is 1. The van der Waals surface area contributed by atoms with E-state index >= 15 is 0 Å². The van der Waals surface area contributed by atoms with E-state index in [2.05, 4.69) is 15.5 Å². The van der Waals surface area contributed by atoms with Crippen LogP contribution in [0.2, 0.25) is 0 Å². The summed E-state index contributed by atoms with van der Waals surface area (Å²) in [4.78, 5) is 14.5. The van der Waals surface area contributed by atoms with Crippen molar-refractivity contribution in [3.63, 3.8) is 0 Å². The van der Waals surface area contributed by atoms with E-state index in [4.69, 9.17) is 23.0 Å². The Morgan fingerprint density at radius 2 is 1.81 bits per heavy atom. The monoisotopic (exact) mass is 428 g/mol. The fourth-order valence-electron chi connectivity index (χ4n) is 3.59. The largest absolute Gasteiger partial charge is 0.493 e. The molecule has 0 unspecified atom stereocenters. The molecule has 0 radical (unpaired) electrons. The molecule has 1 aliphatic heterocycles. The molecule has 4 rings (SSSR count). The van der Waals surface area contributed by atoms with Crippen LogP contribution in [0.25, 0.3) is 11.5 Å². The number of aromatic nitrogens is 2. The van der Waals surface area contributed by atoms with Crippen molar-refractivity contribution in [1.82, 2.24) is 15.1 Å². The minimum Gasteiger partial charge on any atom is -0.493 e. The van der Waals surface area contributed by atoms with E-state index in [1.54, 1.807) is 35.6 Å². The first-order chi connectivity index (χ1) is 15.1. The predicted octanol–water partition coefficient (Wildman–Crippen LogP) is 3.77. The third-order valence-electron chi connectivity index (χ3n) is 5.26. The summed E-state index contributed by atoms with van der Waals surface area (Å²) in [7, 11) is 4.59. The van der Waals surface area contributed by atoms with E-state index in [0.717, 1.165) is 18.4 Å². The number of ether oxygens (including phenoxy) is 3. The molecule has 0 bridgehead atoms. The highest BCUT2D eigenvalue weighted by molar-refractivity contribution is 5.90. The van der Waals surface area contributed by atoms with Crippen LogP contribution in [-0.4, -0.2) is 55.5 Å². The SMILES string of the molecule is COc1cc(NC(=O)N2CCC(c3nnc(-c4ccoc4)o3)CC2)cc(OC)c1OC. The molecule has 31 heavy (non-hydrogen) atoms. The van der Waals surface area contributed by atoms with Crippen molar-refractivity contribution < 1.29 is 27.8 Å². The molecule has 1 aliphatic rings. The van der Waals surface area contributed by atoms with Gasteiger partial charge >= 0.3 is 6.03 Å². The average Bonchev–Trinajstić information content (AvgIpc) is 3.50. The summed E-state index contributed by atoms with van der Waals surface area (Å²) in [6.45, 7) is 1.15. The van der Waals surface area contributed by atoms with Gasteiger partial charge < -0.3 is 33.3 Å². The number of carbonyl (C=O) groups excluding carboxylic acids is 1. The second kappa shape index (κ2) is 8.99. The van der Waals surface area contributed by atoms with Crippen molar-refractivity contribution in [1.29, 1.82) is 0 Å². The number of benzene rings is 1. The first-order valence-corrected chi connectivity index (χ1v) is 9.84. The molecule has 10 heteroatoms. The minimum absolute atomic E-state index is 0.110. The van der Waals surface area contributed by atoms with Gasteiger partial charge in [0, 0.05) is 31.1 Å². The Hall–Kier alpha value is -3.69. The maximum absolute atomic E-state index is 12.8. The van der Waals surface area contributed by atoms with E-state index in [1.165, 1.54) is 21.3 Å². The van der Waals surface area contributed by atoms with Crippen LogP contribution in [0.15, 0.2) is 39.6 Å². The van der Waals surface area contributed by atoms with Gasteiger partial charge in [-0.15, -0.1) is 10.2 Å². The van der Waals surface area contributed by atoms with E-state index in [-0.39, 0.29) is 11.9 Å². The number of hydrogen-bond donors (Lipinski definition) is 1. The number of likely N-dealkylation sites (tertiary alicyclic amines) is 1. The molecule has 0 aliphatic carbocycles. The van der Waals surface area contributed by atoms with Crippen molar-refractivity contribution in [2.75, 3.05) is 39.7 Å². The minimum atomic E-state index is -0.197. The second-order valence-electron chi connectivity index (χ2n) is 7.06. The highest BCUT2D eigenvalue weighted by atomic mass is 16.5. The number of piperidine rings is 1. The van der Waals surface area contributed by atoms with Crippen molar-refractivity contribution in [3.8, 4) is 28.7 Å². The van der Waals surface area contributed by atoms with Crippen molar-refractivity contribution in [2.45, 2.75) is 18.8 Å². The Kier molecular flexibility index (Phi) is 5.96. The van der Waals surface area contributed by atoms with Gasteiger partial charge in [-0.2, -0.15) is 0 Å². The van der Waals surface area contributed by atoms with Gasteiger partial charge in [-0.25, -0.2) is 4.79 Å². The van der Waals surface area contributed by atoms with Gasteiger partial charge in [-0.05, 0) is 18.9 Å². The fourth-order valence-corrected chi connectivity index (χ4v) is 3.59. The Morgan fingerprint density at radius 3 is 2.39 bits per heavy atom. The Labute approximate surface area is 179 Å². The third-order valence-corrected chi connectivity index (χ3v) is 5.26. The summed E-state index contributed by atoms with van der Waals surface area (Å²) < 4.78 is 26.8. The number of amides is 2. The summed E-state index contributed by atoms with van der Waals surface area (Å²) in [6.07, 6.45) is 4.59. The Morgan fingerprint density at radius 1 is 1.10 bits per heavy atom. The molecule has 2 aromatic heterocycles. The van der Waals surface area contributed by atoms with E-state index in [1.807, 2.05) is 0 Å². The van der Waals surface area contributed by atoms with Crippen molar-refractivity contribution >= 4 is 11.7 Å². The molecule has 1 N–H and O–H groups in total. The van der Waals surface area contributed by atoms with Crippen LogP contribution >= 0.6 is 0 Å². The molecular formula is C21H24N4O6. The molecule has 1 saturated heterocycles. The first-order valence-electron chi connectivity index (χ1n) is 9.84. The fraction of sp³-hybridized carbons (Fsp3) is 0.381. The number of nitrogens with one attached hydrogen (secondary N) is 1. The molecule has 0 spiro atoms. The van der Waals surface area contributed by atoms with E-state index < -0.39 is 0 Å². The zero-order valence-electron chi connectivity index (χ0n) is 17.6. The first kappa shape index (κ1) is 20.6.